The normalized spacial score (nSPS) is 12.4. The van der Waals surface area contributed by atoms with Crippen molar-refractivity contribution in [1.29, 1.82) is 0 Å². The second-order valence-electron chi connectivity index (χ2n) is 4.42. The Morgan fingerprint density at radius 3 is 2.83 bits per heavy atom. The van der Waals surface area contributed by atoms with Gasteiger partial charge in [0, 0.05) is 12.6 Å². The molecule has 0 fully saturated rings. The lowest BCUT2D eigenvalue weighted by Gasteiger charge is -2.11. The number of aryl methyl sites for hydroxylation is 1. The van der Waals surface area contributed by atoms with Crippen LogP contribution < -0.4 is 10.5 Å². The van der Waals surface area contributed by atoms with Crippen LogP contribution in [0.2, 0.25) is 0 Å². The Bertz CT molecular complexity index is 505. The van der Waals surface area contributed by atoms with Gasteiger partial charge in [0.15, 0.2) is 5.75 Å². The first kappa shape index (κ1) is 12.6. The summed E-state index contributed by atoms with van der Waals surface area (Å²) in [4.78, 5) is 0. The molecule has 1 atom stereocenters. The highest BCUT2D eigenvalue weighted by molar-refractivity contribution is 5.37. The fourth-order valence-corrected chi connectivity index (χ4v) is 1.82. The molecular formula is C14H19N3O. The smallest absolute Gasteiger partial charge is 0.165 e. The molecule has 96 valence electrons. The van der Waals surface area contributed by atoms with Crippen molar-refractivity contribution in [1.82, 2.24) is 9.78 Å². The van der Waals surface area contributed by atoms with E-state index in [4.69, 9.17) is 10.5 Å². The highest BCUT2D eigenvalue weighted by Crippen LogP contribution is 2.25. The van der Waals surface area contributed by atoms with Gasteiger partial charge in [0.25, 0.3) is 0 Å². The minimum Gasteiger partial charge on any atom is -0.454 e. The van der Waals surface area contributed by atoms with Gasteiger partial charge < -0.3 is 10.5 Å². The lowest BCUT2D eigenvalue weighted by molar-refractivity contribution is 0.472. The van der Waals surface area contributed by atoms with Gasteiger partial charge in [-0.2, -0.15) is 5.10 Å². The summed E-state index contributed by atoms with van der Waals surface area (Å²) >= 11 is 0. The molecule has 4 nitrogen and oxygen atoms in total. The van der Waals surface area contributed by atoms with E-state index in [9.17, 15) is 0 Å². The monoisotopic (exact) mass is 245 g/mol. The number of rotatable bonds is 5. The fourth-order valence-electron chi connectivity index (χ4n) is 1.82. The molecule has 2 rings (SSSR count). The van der Waals surface area contributed by atoms with Crippen LogP contribution in [-0.2, 0) is 13.0 Å². The van der Waals surface area contributed by atoms with E-state index in [1.165, 1.54) is 0 Å². The van der Waals surface area contributed by atoms with Crippen LogP contribution >= 0.6 is 0 Å². The topological polar surface area (TPSA) is 53.1 Å². The summed E-state index contributed by atoms with van der Waals surface area (Å²) in [5.74, 6) is 1.61. The van der Waals surface area contributed by atoms with Crippen molar-refractivity contribution in [3.8, 4) is 11.5 Å². The van der Waals surface area contributed by atoms with Crippen LogP contribution in [0.3, 0.4) is 0 Å². The Kier molecular flexibility index (Phi) is 3.99. The van der Waals surface area contributed by atoms with E-state index in [1.54, 1.807) is 6.20 Å². The Morgan fingerprint density at radius 2 is 2.17 bits per heavy atom. The molecule has 0 saturated carbocycles. The molecule has 1 aromatic carbocycles. The summed E-state index contributed by atoms with van der Waals surface area (Å²) in [5.41, 5.74) is 6.96. The quantitative estimate of drug-likeness (QED) is 0.880. The van der Waals surface area contributed by atoms with Crippen molar-refractivity contribution >= 4 is 0 Å². The predicted octanol–water partition coefficient (Wildman–Crippen LogP) is 2.58. The minimum atomic E-state index is 0.119. The van der Waals surface area contributed by atoms with E-state index in [0.717, 1.165) is 30.0 Å². The van der Waals surface area contributed by atoms with Crippen molar-refractivity contribution in [2.45, 2.75) is 32.9 Å². The van der Waals surface area contributed by atoms with Gasteiger partial charge in [-0.05, 0) is 31.9 Å². The van der Waals surface area contributed by atoms with Crippen molar-refractivity contribution in [2.24, 2.45) is 5.73 Å². The second-order valence-corrected chi connectivity index (χ2v) is 4.42. The average molecular weight is 245 g/mol. The van der Waals surface area contributed by atoms with E-state index in [0.29, 0.717) is 0 Å². The molecule has 0 bridgehead atoms. The highest BCUT2D eigenvalue weighted by atomic mass is 16.5. The van der Waals surface area contributed by atoms with Gasteiger partial charge in [0.05, 0.1) is 12.4 Å². The first-order chi connectivity index (χ1) is 8.69. The number of ether oxygens (including phenoxy) is 1. The van der Waals surface area contributed by atoms with E-state index in [2.05, 4.69) is 5.10 Å². The molecule has 1 unspecified atom stereocenters. The zero-order valence-electron chi connectivity index (χ0n) is 10.8. The molecule has 0 amide bonds. The standard InChI is InChI=1S/C14H19N3O/c1-3-17-10-13(9-16-17)18-14-7-5-4-6-12(14)8-11(2)15/h4-7,9-11H,3,8,15H2,1-2H3. The molecule has 1 heterocycles. The third kappa shape index (κ3) is 3.11. The van der Waals surface area contributed by atoms with Gasteiger partial charge in [-0.3, -0.25) is 4.68 Å². The summed E-state index contributed by atoms with van der Waals surface area (Å²) < 4.78 is 7.69. The molecule has 2 aromatic rings. The lowest BCUT2D eigenvalue weighted by atomic mass is 10.1. The maximum Gasteiger partial charge on any atom is 0.165 e. The number of aromatic nitrogens is 2. The first-order valence-corrected chi connectivity index (χ1v) is 6.23. The zero-order valence-corrected chi connectivity index (χ0v) is 10.8. The van der Waals surface area contributed by atoms with E-state index >= 15 is 0 Å². The van der Waals surface area contributed by atoms with Gasteiger partial charge in [0.1, 0.15) is 5.75 Å². The Balaban J connectivity index is 2.17. The molecular weight excluding hydrogens is 226 g/mol. The Labute approximate surface area is 107 Å². The van der Waals surface area contributed by atoms with Crippen molar-refractivity contribution < 1.29 is 4.74 Å². The van der Waals surface area contributed by atoms with Crippen molar-refractivity contribution in [3.05, 3.63) is 42.2 Å². The van der Waals surface area contributed by atoms with Crippen LogP contribution in [0.5, 0.6) is 11.5 Å². The summed E-state index contributed by atoms with van der Waals surface area (Å²) in [5, 5.41) is 4.19. The minimum absolute atomic E-state index is 0.119. The number of nitrogens with two attached hydrogens (primary N) is 1. The molecule has 0 aliphatic rings. The molecule has 2 N–H and O–H groups in total. The molecule has 18 heavy (non-hydrogen) atoms. The predicted molar refractivity (Wildman–Crippen MR) is 71.8 cm³/mol. The van der Waals surface area contributed by atoms with Crippen LogP contribution in [0, 0.1) is 0 Å². The number of benzene rings is 1. The van der Waals surface area contributed by atoms with Crippen LogP contribution in [0.25, 0.3) is 0 Å². The number of hydrogen-bond acceptors (Lipinski definition) is 3. The number of hydrogen-bond donors (Lipinski definition) is 1. The molecule has 4 heteroatoms. The van der Waals surface area contributed by atoms with Crippen molar-refractivity contribution in [3.63, 3.8) is 0 Å². The highest BCUT2D eigenvalue weighted by Gasteiger charge is 2.07. The summed E-state index contributed by atoms with van der Waals surface area (Å²) in [6.45, 7) is 4.87. The third-order valence-electron chi connectivity index (χ3n) is 2.68. The number of nitrogens with zero attached hydrogens (tertiary/aromatic N) is 2. The van der Waals surface area contributed by atoms with Crippen LogP contribution in [-0.4, -0.2) is 15.8 Å². The van der Waals surface area contributed by atoms with Gasteiger partial charge in [-0.15, -0.1) is 0 Å². The molecule has 0 radical (unpaired) electrons. The second kappa shape index (κ2) is 5.69. The fraction of sp³-hybridized carbons (Fsp3) is 0.357. The van der Waals surface area contributed by atoms with E-state index in [1.807, 2.05) is 49.0 Å². The first-order valence-electron chi connectivity index (χ1n) is 6.23. The molecule has 0 aliphatic heterocycles. The van der Waals surface area contributed by atoms with Crippen LogP contribution in [0.15, 0.2) is 36.7 Å². The SMILES string of the molecule is CCn1cc(Oc2ccccc2CC(C)N)cn1. The zero-order chi connectivity index (χ0) is 13.0. The van der Waals surface area contributed by atoms with Gasteiger partial charge in [0.2, 0.25) is 0 Å². The number of para-hydroxylation sites is 1. The van der Waals surface area contributed by atoms with Gasteiger partial charge in [-0.1, -0.05) is 18.2 Å². The largest absolute Gasteiger partial charge is 0.454 e. The molecule has 0 saturated heterocycles. The third-order valence-corrected chi connectivity index (χ3v) is 2.68. The summed E-state index contributed by atoms with van der Waals surface area (Å²) in [6.07, 6.45) is 4.42. The summed E-state index contributed by atoms with van der Waals surface area (Å²) in [6, 6.07) is 8.09. The molecule has 0 spiro atoms. The maximum absolute atomic E-state index is 5.85. The van der Waals surface area contributed by atoms with Crippen molar-refractivity contribution in [2.75, 3.05) is 0 Å². The average Bonchev–Trinajstić information content (AvgIpc) is 2.79. The Morgan fingerprint density at radius 1 is 1.39 bits per heavy atom. The van der Waals surface area contributed by atoms with Crippen LogP contribution in [0.4, 0.5) is 0 Å². The van der Waals surface area contributed by atoms with E-state index in [-0.39, 0.29) is 6.04 Å². The molecule has 0 aliphatic carbocycles. The van der Waals surface area contributed by atoms with Gasteiger partial charge in [-0.25, -0.2) is 0 Å². The molecule has 1 aromatic heterocycles. The summed E-state index contributed by atoms with van der Waals surface area (Å²) in [7, 11) is 0. The maximum atomic E-state index is 5.85. The van der Waals surface area contributed by atoms with Gasteiger partial charge >= 0.3 is 0 Å². The Hall–Kier alpha value is -1.81. The van der Waals surface area contributed by atoms with E-state index < -0.39 is 0 Å². The lowest BCUT2D eigenvalue weighted by Crippen LogP contribution is -2.18. The van der Waals surface area contributed by atoms with Crippen LogP contribution in [0.1, 0.15) is 19.4 Å².